The first-order chi connectivity index (χ1) is 21.9. The molecule has 260 valence electrons. The van der Waals surface area contributed by atoms with Crippen LogP contribution in [0.1, 0.15) is 131 Å². The van der Waals surface area contributed by atoms with E-state index in [2.05, 4.69) is 91.8 Å². The summed E-state index contributed by atoms with van der Waals surface area (Å²) in [6.45, 7) is 20.3. The molecule has 0 N–H and O–H groups in total. The summed E-state index contributed by atoms with van der Waals surface area (Å²) in [6, 6.07) is 19.2. The minimum atomic E-state index is 0. The van der Waals surface area contributed by atoms with Crippen LogP contribution in [0.2, 0.25) is 11.1 Å². The Morgan fingerprint density at radius 1 is 0.771 bits per heavy atom. The Kier molecular flexibility index (Phi) is 13.0. The molecule has 4 heteroatoms. The molecule has 0 radical (unpaired) electrons. The Labute approximate surface area is 322 Å². The van der Waals surface area contributed by atoms with Gasteiger partial charge in [-0.25, -0.2) is 18.1 Å². The summed E-state index contributed by atoms with van der Waals surface area (Å²) < 4.78 is 0. The molecule has 8 rings (SSSR count). The number of fused-ring (bicyclic) bond motifs is 6. The third-order valence-electron chi connectivity index (χ3n) is 14.9. The van der Waals surface area contributed by atoms with Gasteiger partial charge in [-0.1, -0.05) is 113 Å². The Morgan fingerprint density at radius 3 is 1.88 bits per heavy atom. The van der Waals surface area contributed by atoms with Gasteiger partial charge in [-0.05, 0) is 40.6 Å². The van der Waals surface area contributed by atoms with Crippen molar-refractivity contribution in [3.8, 4) is 0 Å². The fraction of sp³-hybridized carbons (Fsp3) is 0.591. The maximum atomic E-state index is 2.62. The van der Waals surface area contributed by atoms with Crippen LogP contribution in [0.15, 0.2) is 83.5 Å². The van der Waals surface area contributed by atoms with Crippen molar-refractivity contribution in [2.45, 2.75) is 137 Å². The zero-order valence-corrected chi connectivity index (χ0v) is 36.1. The molecule has 2 atom stereocenters. The van der Waals surface area contributed by atoms with E-state index in [1.807, 2.05) is 53.7 Å². The molecule has 0 spiro atoms. The Hall–Kier alpha value is -0.660. The SMILES string of the molecule is C[C-]1C2=C3Cc4ccccc4C3=C3C=CCCC3C2(C)C(C)(C)C(C)(C)C1(C)C.[Cl-].[Cl-].[Zr+2]=[Si](C1CCCC1)C1CCCC1.c1cc[cH-]c1. The van der Waals surface area contributed by atoms with Crippen LogP contribution in [0.25, 0.3) is 5.57 Å². The minimum Gasteiger partial charge on any atom is -0.214 e. The largest absolute Gasteiger partial charge is 0.214 e. The minimum absolute atomic E-state index is 0. The second kappa shape index (κ2) is 15.5. The summed E-state index contributed by atoms with van der Waals surface area (Å²) in [6.07, 6.45) is 21.2. The molecule has 0 saturated heterocycles. The van der Waals surface area contributed by atoms with E-state index < -0.39 is 0 Å². The van der Waals surface area contributed by atoms with Gasteiger partial charge in [-0.2, -0.15) is 29.3 Å². The van der Waals surface area contributed by atoms with Crippen LogP contribution in [-0.2, 0) is 29.8 Å². The van der Waals surface area contributed by atoms with Crippen molar-refractivity contribution < 1.29 is 48.1 Å². The van der Waals surface area contributed by atoms with Crippen molar-refractivity contribution in [2.75, 3.05) is 0 Å². The molecule has 0 aromatic heterocycles. The average Bonchev–Trinajstić information content (AvgIpc) is 3.88. The molecule has 0 heterocycles. The van der Waals surface area contributed by atoms with Crippen molar-refractivity contribution in [2.24, 2.45) is 27.6 Å². The number of allylic oxidation sites excluding steroid dienone is 6. The maximum Gasteiger partial charge on any atom is -0.172 e. The third-order valence-corrected chi connectivity index (χ3v) is 23.9. The molecule has 2 aromatic rings. The molecular formula is C44H60Cl2SiZr-2. The summed E-state index contributed by atoms with van der Waals surface area (Å²) in [5.74, 6) is 2.24. The molecular weight excluding hydrogens is 719 g/mol. The standard InChI is InChI=1S/C29H37.C10H18Si.C5H5.2ClH.Zr/c1-18-25-22-17-19-13-9-10-14-20(19)24(22)21-15-11-12-16-23(21)29(25,8)28(6,7)27(4,5)26(18,2)3;1-2-6-9(5-1)11-10-7-3-4-8-10;1-2-4-5-3-1;;;/h9-11,13-15,23H,12,16-17H2,1-8H3;9-10H,1-8H2;1-5H;2*1H;/q-1;;-1;;;+2/p-2. The zero-order valence-electron chi connectivity index (χ0n) is 31.1. The molecule has 6 aliphatic rings. The van der Waals surface area contributed by atoms with Gasteiger partial charge < -0.3 is 24.8 Å². The summed E-state index contributed by atoms with van der Waals surface area (Å²) in [5.41, 5.74) is 12.9. The molecule has 0 nitrogen and oxygen atoms in total. The van der Waals surface area contributed by atoms with Crippen molar-refractivity contribution in [1.82, 2.24) is 0 Å². The van der Waals surface area contributed by atoms with Gasteiger partial charge >= 0.3 is 91.2 Å². The van der Waals surface area contributed by atoms with Crippen LogP contribution in [0.4, 0.5) is 0 Å². The fourth-order valence-corrected chi connectivity index (χ4v) is 17.7. The first kappa shape index (κ1) is 40.1. The number of hydrogen-bond donors (Lipinski definition) is 0. The van der Waals surface area contributed by atoms with E-state index in [1.165, 1.54) is 35.1 Å². The van der Waals surface area contributed by atoms with Gasteiger partial charge in [-0.15, -0.1) is 6.92 Å². The number of hydrogen-bond acceptors (Lipinski definition) is 0. The summed E-state index contributed by atoms with van der Waals surface area (Å²) in [7, 11) is 0. The van der Waals surface area contributed by atoms with Gasteiger partial charge in [0.2, 0.25) is 0 Å². The van der Waals surface area contributed by atoms with E-state index in [-0.39, 0.29) is 51.9 Å². The predicted molar refractivity (Wildman–Crippen MR) is 197 cm³/mol. The Balaban J connectivity index is 0.000000226. The van der Waals surface area contributed by atoms with Crippen molar-refractivity contribution in [3.05, 3.63) is 101 Å². The van der Waals surface area contributed by atoms with E-state index >= 15 is 0 Å². The molecule has 0 amide bonds. The van der Waals surface area contributed by atoms with Crippen molar-refractivity contribution >= 4 is 11.0 Å². The smallest absolute Gasteiger partial charge is 0.172 e. The van der Waals surface area contributed by atoms with Gasteiger partial charge in [-0.3, -0.25) is 0 Å². The summed E-state index contributed by atoms with van der Waals surface area (Å²) in [4.78, 5) is 0. The average molecular weight is 779 g/mol. The van der Waals surface area contributed by atoms with Crippen molar-refractivity contribution in [3.63, 3.8) is 0 Å². The van der Waals surface area contributed by atoms with Gasteiger partial charge in [0, 0.05) is 0 Å². The normalized spacial score (nSPS) is 27.6. The molecule has 0 aliphatic heterocycles. The van der Waals surface area contributed by atoms with E-state index in [4.69, 9.17) is 0 Å². The number of halogens is 2. The van der Waals surface area contributed by atoms with Gasteiger partial charge in [0.1, 0.15) is 0 Å². The van der Waals surface area contributed by atoms with Crippen LogP contribution in [-0.4, -0.2) is 5.43 Å². The molecule has 3 fully saturated rings. The Bertz CT molecular complexity index is 1480. The van der Waals surface area contributed by atoms with Gasteiger partial charge in [0.25, 0.3) is 0 Å². The van der Waals surface area contributed by atoms with Crippen LogP contribution in [0.5, 0.6) is 0 Å². The quantitative estimate of drug-likeness (QED) is 0.233. The summed E-state index contributed by atoms with van der Waals surface area (Å²) >= 11 is 1.94. The topological polar surface area (TPSA) is 0 Å². The maximum absolute atomic E-state index is 2.62. The van der Waals surface area contributed by atoms with Crippen LogP contribution in [0, 0.1) is 33.5 Å². The Morgan fingerprint density at radius 2 is 1.33 bits per heavy atom. The molecule has 2 aromatic carbocycles. The van der Waals surface area contributed by atoms with Crippen LogP contribution in [0.3, 0.4) is 0 Å². The molecule has 6 aliphatic carbocycles. The third kappa shape index (κ3) is 6.47. The number of benzene rings is 1. The van der Waals surface area contributed by atoms with Gasteiger partial charge in [0.15, 0.2) is 0 Å². The summed E-state index contributed by atoms with van der Waals surface area (Å²) in [5, 5.41) is 0. The van der Waals surface area contributed by atoms with Crippen LogP contribution >= 0.6 is 0 Å². The fourth-order valence-electron chi connectivity index (χ4n) is 10.7. The number of rotatable bonds is 2. The first-order valence-corrected chi connectivity index (χ1v) is 24.0. The van der Waals surface area contributed by atoms with E-state index in [0.717, 1.165) is 6.42 Å². The molecule has 3 saturated carbocycles. The van der Waals surface area contributed by atoms with Crippen molar-refractivity contribution in [1.29, 1.82) is 0 Å². The molecule has 0 bridgehead atoms. The zero-order chi connectivity index (χ0) is 32.9. The van der Waals surface area contributed by atoms with E-state index in [9.17, 15) is 0 Å². The monoisotopic (exact) mass is 776 g/mol. The first-order valence-electron chi connectivity index (χ1n) is 18.7. The van der Waals surface area contributed by atoms with E-state index in [1.54, 1.807) is 79.6 Å². The van der Waals surface area contributed by atoms with Gasteiger partial charge in [0.05, 0.1) is 0 Å². The predicted octanol–water partition coefficient (Wildman–Crippen LogP) is 6.79. The molecule has 2 unspecified atom stereocenters. The second-order valence-corrected chi connectivity index (χ2v) is 23.9. The second-order valence-electron chi connectivity index (χ2n) is 17.1. The van der Waals surface area contributed by atoms with E-state index in [0.29, 0.717) is 5.92 Å². The molecule has 48 heavy (non-hydrogen) atoms. The van der Waals surface area contributed by atoms with Crippen LogP contribution < -0.4 is 24.8 Å².